The fraction of sp³-hybridized carbons (Fsp3) is 0.909. The fourth-order valence-electron chi connectivity index (χ4n) is 1.99. The summed E-state index contributed by atoms with van der Waals surface area (Å²) in [4.78, 5) is 11.1. The molecule has 0 saturated heterocycles. The van der Waals surface area contributed by atoms with Crippen LogP contribution < -0.4 is 4.72 Å². The van der Waals surface area contributed by atoms with Gasteiger partial charge in [0.25, 0.3) is 0 Å². The van der Waals surface area contributed by atoms with E-state index in [9.17, 15) is 18.3 Å². The van der Waals surface area contributed by atoms with Crippen LogP contribution in [0, 0.1) is 0 Å². The Morgan fingerprint density at radius 3 is 2.67 bits per heavy atom. The molecule has 0 radical (unpaired) electrons. The summed E-state index contributed by atoms with van der Waals surface area (Å²) in [6.45, 7) is 1.91. The Hall–Kier alpha value is -0.660. The number of hydrogen-bond donors (Lipinski definition) is 2. The summed E-state index contributed by atoms with van der Waals surface area (Å²) in [5.41, 5.74) is 0. The van der Waals surface area contributed by atoms with Crippen molar-refractivity contribution in [2.24, 2.45) is 0 Å². The molecule has 1 aliphatic rings. The van der Waals surface area contributed by atoms with E-state index in [1.807, 2.05) is 0 Å². The quantitative estimate of drug-likeness (QED) is 0.676. The highest BCUT2D eigenvalue weighted by Gasteiger charge is 2.27. The van der Waals surface area contributed by atoms with Crippen LogP contribution in [0.4, 0.5) is 0 Å². The second-order valence-corrected chi connectivity index (χ2v) is 6.32. The zero-order chi connectivity index (χ0) is 13.6. The number of aliphatic hydroxyl groups excluding tert-OH is 1. The molecule has 1 aliphatic carbocycles. The highest BCUT2D eigenvalue weighted by Crippen LogP contribution is 2.19. The minimum atomic E-state index is -3.54. The highest BCUT2D eigenvalue weighted by molar-refractivity contribution is 7.89. The van der Waals surface area contributed by atoms with Crippen LogP contribution in [-0.2, 0) is 19.6 Å². The molecule has 1 rings (SSSR count). The van der Waals surface area contributed by atoms with E-state index in [0.717, 1.165) is 12.8 Å². The van der Waals surface area contributed by atoms with Gasteiger partial charge >= 0.3 is 5.97 Å². The van der Waals surface area contributed by atoms with Crippen LogP contribution in [-0.4, -0.2) is 44.0 Å². The molecule has 2 N–H and O–H groups in total. The molecule has 1 saturated carbocycles. The Kier molecular flexibility index (Phi) is 6.04. The first kappa shape index (κ1) is 15.4. The summed E-state index contributed by atoms with van der Waals surface area (Å²) in [5.74, 6) is -0.818. The van der Waals surface area contributed by atoms with Crippen LogP contribution in [0.2, 0.25) is 0 Å². The molecule has 0 aromatic carbocycles. The van der Waals surface area contributed by atoms with Crippen molar-refractivity contribution in [1.82, 2.24) is 4.72 Å². The minimum Gasteiger partial charge on any atom is -0.466 e. The van der Waals surface area contributed by atoms with E-state index < -0.39 is 28.1 Å². The Morgan fingerprint density at radius 1 is 1.39 bits per heavy atom. The standard InChI is InChI=1S/C11H21NO5S/c1-2-17-11(14)7-8-18(15,16)12-9-5-3-4-6-10(9)13/h9-10,12-13H,2-8H2,1H3. The molecule has 0 spiro atoms. The molecule has 2 atom stereocenters. The Morgan fingerprint density at radius 2 is 2.06 bits per heavy atom. The summed E-state index contributed by atoms with van der Waals surface area (Å²) in [7, 11) is -3.54. The zero-order valence-electron chi connectivity index (χ0n) is 10.6. The van der Waals surface area contributed by atoms with Crippen molar-refractivity contribution in [2.75, 3.05) is 12.4 Å². The van der Waals surface area contributed by atoms with Gasteiger partial charge in [-0.1, -0.05) is 12.8 Å². The molecule has 0 heterocycles. The molecule has 6 nitrogen and oxygen atoms in total. The summed E-state index contributed by atoms with van der Waals surface area (Å²) < 4.78 is 30.6. The number of carbonyl (C=O) groups is 1. The van der Waals surface area contributed by atoms with Crippen LogP contribution in [0.3, 0.4) is 0 Å². The van der Waals surface area contributed by atoms with Gasteiger partial charge in [0.2, 0.25) is 10.0 Å². The average molecular weight is 279 g/mol. The topological polar surface area (TPSA) is 92.7 Å². The second-order valence-electron chi connectivity index (χ2n) is 4.45. The lowest BCUT2D eigenvalue weighted by Gasteiger charge is -2.27. The third kappa shape index (κ3) is 5.32. The maximum absolute atomic E-state index is 11.7. The minimum absolute atomic E-state index is 0.161. The first-order valence-corrected chi connectivity index (χ1v) is 7.93. The van der Waals surface area contributed by atoms with Crippen LogP contribution in [0.15, 0.2) is 0 Å². The second kappa shape index (κ2) is 7.06. The Labute approximate surface area is 108 Å². The van der Waals surface area contributed by atoms with Crippen molar-refractivity contribution in [3.05, 3.63) is 0 Å². The Bertz CT molecular complexity index is 368. The number of ether oxygens (including phenoxy) is 1. The molecular weight excluding hydrogens is 258 g/mol. The van der Waals surface area contributed by atoms with E-state index in [1.165, 1.54) is 0 Å². The largest absolute Gasteiger partial charge is 0.466 e. The van der Waals surface area contributed by atoms with Gasteiger partial charge in [-0.05, 0) is 19.8 Å². The van der Waals surface area contributed by atoms with Gasteiger partial charge in [0.05, 0.1) is 24.9 Å². The number of rotatable bonds is 6. The number of aliphatic hydroxyl groups is 1. The lowest BCUT2D eigenvalue weighted by atomic mass is 9.93. The highest BCUT2D eigenvalue weighted by atomic mass is 32.2. The first-order chi connectivity index (χ1) is 8.44. The van der Waals surface area contributed by atoms with E-state index in [0.29, 0.717) is 12.8 Å². The van der Waals surface area contributed by atoms with Gasteiger partial charge in [-0.2, -0.15) is 0 Å². The van der Waals surface area contributed by atoms with Crippen LogP contribution >= 0.6 is 0 Å². The Balaban J connectivity index is 2.41. The smallest absolute Gasteiger partial charge is 0.306 e. The SMILES string of the molecule is CCOC(=O)CCS(=O)(=O)NC1CCCCC1O. The molecule has 2 unspecified atom stereocenters. The number of carbonyl (C=O) groups excluding carboxylic acids is 1. The number of esters is 1. The van der Waals surface area contributed by atoms with Crippen molar-refractivity contribution in [2.45, 2.75) is 51.2 Å². The third-order valence-corrected chi connectivity index (χ3v) is 4.34. The predicted molar refractivity (Wildman–Crippen MR) is 66.4 cm³/mol. The van der Waals surface area contributed by atoms with Crippen molar-refractivity contribution in [1.29, 1.82) is 0 Å². The summed E-state index contributed by atoms with van der Waals surface area (Å²) in [6, 6.07) is -0.425. The molecule has 0 bridgehead atoms. The van der Waals surface area contributed by atoms with E-state index >= 15 is 0 Å². The van der Waals surface area contributed by atoms with E-state index in [1.54, 1.807) is 6.92 Å². The van der Waals surface area contributed by atoms with Gasteiger partial charge < -0.3 is 9.84 Å². The molecule has 1 fully saturated rings. The molecule has 18 heavy (non-hydrogen) atoms. The predicted octanol–water partition coefficient (Wildman–Crippen LogP) is 0.162. The summed E-state index contributed by atoms with van der Waals surface area (Å²) >= 11 is 0. The van der Waals surface area contributed by atoms with Gasteiger partial charge in [0.15, 0.2) is 0 Å². The van der Waals surface area contributed by atoms with E-state index in [4.69, 9.17) is 0 Å². The first-order valence-electron chi connectivity index (χ1n) is 6.28. The van der Waals surface area contributed by atoms with Crippen LogP contribution in [0.1, 0.15) is 39.0 Å². The fourth-order valence-corrected chi connectivity index (χ4v) is 3.28. The maximum atomic E-state index is 11.7. The molecule has 106 valence electrons. The van der Waals surface area contributed by atoms with Gasteiger partial charge in [-0.3, -0.25) is 4.79 Å². The molecular formula is C11H21NO5S. The molecule has 7 heteroatoms. The van der Waals surface area contributed by atoms with Crippen molar-refractivity contribution < 1.29 is 23.1 Å². The lowest BCUT2D eigenvalue weighted by Crippen LogP contribution is -2.45. The van der Waals surface area contributed by atoms with Crippen LogP contribution in [0.25, 0.3) is 0 Å². The third-order valence-electron chi connectivity index (χ3n) is 2.94. The number of nitrogens with one attached hydrogen (secondary N) is 1. The van der Waals surface area contributed by atoms with Crippen LogP contribution in [0.5, 0.6) is 0 Å². The van der Waals surface area contributed by atoms with E-state index in [2.05, 4.69) is 9.46 Å². The van der Waals surface area contributed by atoms with Gasteiger partial charge in [0.1, 0.15) is 0 Å². The maximum Gasteiger partial charge on any atom is 0.306 e. The number of hydrogen-bond acceptors (Lipinski definition) is 5. The summed E-state index contributed by atoms with van der Waals surface area (Å²) in [5, 5.41) is 9.68. The molecule has 0 aliphatic heterocycles. The van der Waals surface area contributed by atoms with Crippen molar-refractivity contribution >= 4 is 16.0 Å². The van der Waals surface area contributed by atoms with E-state index in [-0.39, 0.29) is 18.8 Å². The molecule has 0 aromatic rings. The zero-order valence-corrected chi connectivity index (χ0v) is 11.4. The van der Waals surface area contributed by atoms with Crippen molar-refractivity contribution in [3.8, 4) is 0 Å². The monoisotopic (exact) mass is 279 g/mol. The normalized spacial score (nSPS) is 24.8. The van der Waals surface area contributed by atoms with Gasteiger partial charge in [-0.15, -0.1) is 0 Å². The summed E-state index contributed by atoms with van der Waals surface area (Å²) in [6.07, 6.45) is 2.29. The van der Waals surface area contributed by atoms with Gasteiger partial charge in [-0.25, -0.2) is 13.1 Å². The van der Waals surface area contributed by atoms with Gasteiger partial charge in [0, 0.05) is 6.04 Å². The molecule has 0 aromatic heterocycles. The number of sulfonamides is 1. The average Bonchev–Trinajstić information content (AvgIpc) is 2.30. The molecule has 0 amide bonds. The van der Waals surface area contributed by atoms with Crippen molar-refractivity contribution in [3.63, 3.8) is 0 Å². The lowest BCUT2D eigenvalue weighted by molar-refractivity contribution is -0.142.